The monoisotopic (exact) mass is 349 g/mol. The van der Waals surface area contributed by atoms with Crippen molar-refractivity contribution in [3.63, 3.8) is 0 Å². The lowest BCUT2D eigenvalue weighted by molar-refractivity contribution is 0.0992. The molecule has 0 aliphatic rings. The van der Waals surface area contributed by atoms with Gasteiger partial charge in [0.05, 0.1) is 5.25 Å². The molecule has 124 valence electrons. The number of aromatic nitrogens is 2. The normalized spacial score (nSPS) is 12.8. The van der Waals surface area contributed by atoms with Crippen LogP contribution in [0, 0.1) is 0 Å². The highest BCUT2D eigenvalue weighted by molar-refractivity contribution is 8.02. The number of hydrogen-bond donors (Lipinski definition) is 1. The van der Waals surface area contributed by atoms with Crippen molar-refractivity contribution in [1.29, 1.82) is 0 Å². The number of hydrogen-bond acceptors (Lipinski definition) is 6. The number of ketones is 1. The lowest BCUT2D eigenvalue weighted by Gasteiger charge is -2.17. The number of benzene rings is 1. The van der Waals surface area contributed by atoms with Crippen LogP contribution in [0.25, 0.3) is 0 Å². The lowest BCUT2D eigenvalue weighted by atomic mass is 9.89. The van der Waals surface area contributed by atoms with Gasteiger partial charge in [0.15, 0.2) is 10.1 Å². The van der Waals surface area contributed by atoms with Gasteiger partial charge in [-0.3, -0.25) is 4.79 Å². The number of nitrogens with two attached hydrogens (primary N) is 1. The minimum Gasteiger partial charge on any atom is -0.374 e. The van der Waals surface area contributed by atoms with Crippen LogP contribution in [0.2, 0.25) is 0 Å². The van der Waals surface area contributed by atoms with Crippen LogP contribution < -0.4 is 5.73 Å². The van der Waals surface area contributed by atoms with Crippen molar-refractivity contribution in [2.45, 2.75) is 56.0 Å². The smallest absolute Gasteiger partial charge is 0.203 e. The van der Waals surface area contributed by atoms with Crippen LogP contribution in [0.4, 0.5) is 5.13 Å². The summed E-state index contributed by atoms with van der Waals surface area (Å²) in [6.07, 6.45) is 0. The van der Waals surface area contributed by atoms with E-state index in [1.807, 2.05) is 13.0 Å². The molecule has 6 heteroatoms. The Morgan fingerprint density at radius 2 is 1.83 bits per heavy atom. The minimum atomic E-state index is -0.218. The van der Waals surface area contributed by atoms with Crippen molar-refractivity contribution >= 4 is 34.0 Å². The standard InChI is InChI=1S/C17H23N3OS2/c1-9(2)12-6-7-13(14(8-12)10(3)4)15(21)11(5)22-17-20-19-16(18)23-17/h6-11H,1-5H3,(H2,18,19)/t11-/m1/s1. The van der Waals surface area contributed by atoms with E-state index >= 15 is 0 Å². The molecule has 1 heterocycles. The molecule has 2 rings (SSSR count). The topological polar surface area (TPSA) is 68.9 Å². The van der Waals surface area contributed by atoms with Gasteiger partial charge in [0.1, 0.15) is 0 Å². The number of rotatable bonds is 6. The molecule has 0 aliphatic heterocycles. The van der Waals surface area contributed by atoms with Crippen LogP contribution in [0.3, 0.4) is 0 Å². The third kappa shape index (κ3) is 4.32. The molecule has 2 N–H and O–H groups in total. The quantitative estimate of drug-likeness (QED) is 0.603. The highest BCUT2D eigenvalue weighted by atomic mass is 32.2. The number of anilines is 1. The summed E-state index contributed by atoms with van der Waals surface area (Å²) >= 11 is 2.73. The average molecular weight is 350 g/mol. The van der Waals surface area contributed by atoms with Crippen molar-refractivity contribution in [2.24, 2.45) is 0 Å². The van der Waals surface area contributed by atoms with Gasteiger partial charge in [-0.05, 0) is 29.9 Å². The molecule has 0 spiro atoms. The average Bonchev–Trinajstić information content (AvgIpc) is 2.90. The third-order valence-electron chi connectivity index (χ3n) is 3.70. The molecule has 2 aromatic rings. The molecule has 0 unspecified atom stereocenters. The van der Waals surface area contributed by atoms with Gasteiger partial charge in [0.25, 0.3) is 0 Å². The molecule has 0 radical (unpaired) electrons. The summed E-state index contributed by atoms with van der Waals surface area (Å²) in [7, 11) is 0. The largest absolute Gasteiger partial charge is 0.374 e. The van der Waals surface area contributed by atoms with Crippen molar-refractivity contribution in [3.05, 3.63) is 34.9 Å². The second kappa shape index (κ2) is 7.45. The predicted octanol–water partition coefficient (Wildman–Crippen LogP) is 4.73. The molecule has 4 nitrogen and oxygen atoms in total. The Labute approximate surface area is 145 Å². The van der Waals surface area contributed by atoms with Gasteiger partial charge < -0.3 is 5.73 Å². The van der Waals surface area contributed by atoms with Gasteiger partial charge in [-0.2, -0.15) is 0 Å². The van der Waals surface area contributed by atoms with E-state index in [4.69, 9.17) is 5.73 Å². The zero-order valence-corrected chi connectivity index (χ0v) is 15.8. The molecule has 0 saturated heterocycles. The van der Waals surface area contributed by atoms with Crippen LogP contribution in [0.1, 0.15) is 67.9 Å². The third-order valence-corrected chi connectivity index (χ3v) is 5.64. The first kappa shape index (κ1) is 17.9. The molecule has 1 atom stereocenters. The highest BCUT2D eigenvalue weighted by Crippen LogP contribution is 2.32. The summed E-state index contributed by atoms with van der Waals surface area (Å²) in [4.78, 5) is 12.9. The van der Waals surface area contributed by atoms with E-state index in [1.54, 1.807) is 0 Å². The maximum atomic E-state index is 12.9. The van der Waals surface area contributed by atoms with E-state index in [-0.39, 0.29) is 11.0 Å². The number of nitrogen functional groups attached to an aromatic ring is 1. The lowest BCUT2D eigenvalue weighted by Crippen LogP contribution is -2.16. The first-order valence-electron chi connectivity index (χ1n) is 7.73. The van der Waals surface area contributed by atoms with Gasteiger partial charge in [-0.25, -0.2) is 0 Å². The fraction of sp³-hybridized carbons (Fsp3) is 0.471. The summed E-state index contributed by atoms with van der Waals surface area (Å²) in [6, 6.07) is 6.20. The first-order chi connectivity index (χ1) is 10.8. The zero-order chi connectivity index (χ0) is 17.1. The van der Waals surface area contributed by atoms with Crippen molar-refractivity contribution in [3.8, 4) is 0 Å². The predicted molar refractivity (Wildman–Crippen MR) is 98.6 cm³/mol. The molecule has 0 amide bonds. The first-order valence-corrected chi connectivity index (χ1v) is 9.43. The van der Waals surface area contributed by atoms with Gasteiger partial charge in [0, 0.05) is 5.56 Å². The summed E-state index contributed by atoms with van der Waals surface area (Å²) in [5, 5.41) is 7.98. The van der Waals surface area contributed by atoms with Crippen LogP contribution >= 0.6 is 23.1 Å². The van der Waals surface area contributed by atoms with E-state index in [0.717, 1.165) is 15.5 Å². The van der Waals surface area contributed by atoms with E-state index < -0.39 is 0 Å². The Balaban J connectivity index is 2.27. The summed E-state index contributed by atoms with van der Waals surface area (Å²) in [5.41, 5.74) is 8.79. The molecule has 1 aromatic carbocycles. The molecule has 0 aliphatic carbocycles. The van der Waals surface area contributed by atoms with Crippen molar-refractivity contribution in [1.82, 2.24) is 10.2 Å². The van der Waals surface area contributed by atoms with Crippen LogP contribution in [-0.4, -0.2) is 21.2 Å². The molecule has 0 bridgehead atoms. The Bertz CT molecular complexity index is 695. The van der Waals surface area contributed by atoms with Gasteiger partial charge in [-0.15, -0.1) is 10.2 Å². The van der Waals surface area contributed by atoms with E-state index in [2.05, 4.69) is 50.0 Å². The van der Waals surface area contributed by atoms with Crippen LogP contribution in [-0.2, 0) is 0 Å². The van der Waals surface area contributed by atoms with Crippen molar-refractivity contribution < 1.29 is 4.79 Å². The summed E-state index contributed by atoms with van der Waals surface area (Å²) in [5.74, 6) is 0.887. The Kier molecular flexibility index (Phi) is 5.81. The second-order valence-corrected chi connectivity index (χ2v) is 8.78. The molecular weight excluding hydrogens is 326 g/mol. The Morgan fingerprint density at radius 3 is 2.35 bits per heavy atom. The second-order valence-electron chi connectivity index (χ2n) is 6.19. The minimum absolute atomic E-state index is 0.128. The fourth-order valence-electron chi connectivity index (χ4n) is 2.33. The van der Waals surface area contributed by atoms with E-state index in [0.29, 0.717) is 17.0 Å². The van der Waals surface area contributed by atoms with Crippen LogP contribution in [0.15, 0.2) is 22.5 Å². The Hall–Kier alpha value is -1.40. The molecular formula is C17H23N3OS2. The van der Waals surface area contributed by atoms with Gasteiger partial charge >= 0.3 is 0 Å². The van der Waals surface area contributed by atoms with E-state index in [1.165, 1.54) is 28.7 Å². The molecule has 0 fully saturated rings. The fourth-order valence-corrected chi connectivity index (χ4v) is 4.18. The van der Waals surface area contributed by atoms with Crippen LogP contribution in [0.5, 0.6) is 0 Å². The highest BCUT2D eigenvalue weighted by Gasteiger charge is 2.22. The number of carbonyl (C=O) groups excluding carboxylic acids is 1. The number of Topliss-reactive ketones (excluding diaryl/α,β-unsaturated/α-hetero) is 1. The Morgan fingerprint density at radius 1 is 1.13 bits per heavy atom. The number of carbonyl (C=O) groups is 1. The molecule has 23 heavy (non-hydrogen) atoms. The molecule has 0 saturated carbocycles. The van der Waals surface area contributed by atoms with Crippen molar-refractivity contribution in [2.75, 3.05) is 5.73 Å². The number of nitrogens with zero attached hydrogens (tertiary/aromatic N) is 2. The SMILES string of the molecule is CC(C)c1ccc(C(=O)[C@@H](C)Sc2nnc(N)s2)c(C(C)C)c1. The zero-order valence-electron chi connectivity index (χ0n) is 14.2. The maximum absolute atomic E-state index is 12.9. The number of thioether (sulfide) groups is 1. The van der Waals surface area contributed by atoms with Gasteiger partial charge in [-0.1, -0.05) is 69.0 Å². The molecule has 1 aromatic heterocycles. The maximum Gasteiger partial charge on any atom is 0.203 e. The summed E-state index contributed by atoms with van der Waals surface area (Å²) < 4.78 is 0.730. The van der Waals surface area contributed by atoms with Gasteiger partial charge in [0.2, 0.25) is 5.13 Å². The van der Waals surface area contributed by atoms with E-state index in [9.17, 15) is 4.79 Å². The summed E-state index contributed by atoms with van der Waals surface area (Å²) in [6.45, 7) is 10.5.